The molecular weight excluding hydrogens is 228 g/mol. The van der Waals surface area contributed by atoms with E-state index in [0.717, 1.165) is 45.6 Å². The zero-order valence-corrected chi connectivity index (χ0v) is 10.6. The number of halogens is 1. The predicted octanol–water partition coefficient (Wildman–Crippen LogP) is 0.784. The summed E-state index contributed by atoms with van der Waals surface area (Å²) in [4.78, 5) is 13.7. The Labute approximate surface area is 103 Å². The maximum atomic E-state index is 11.7. The van der Waals surface area contributed by atoms with Crippen LogP contribution < -0.4 is 5.73 Å². The smallest absolute Gasteiger partial charge is 0.239 e. The van der Waals surface area contributed by atoms with Crippen LogP contribution in [0.1, 0.15) is 26.2 Å². The molecule has 2 saturated heterocycles. The lowest BCUT2D eigenvalue weighted by Crippen LogP contribution is -2.42. The first kappa shape index (κ1) is 13.7. The first-order valence-corrected chi connectivity index (χ1v) is 5.75. The van der Waals surface area contributed by atoms with Crippen molar-refractivity contribution < 1.29 is 9.53 Å². The van der Waals surface area contributed by atoms with Crippen molar-refractivity contribution in [2.24, 2.45) is 11.1 Å². The first-order chi connectivity index (χ1) is 7.13. The minimum absolute atomic E-state index is 0. The van der Waals surface area contributed by atoms with Crippen molar-refractivity contribution in [3.05, 3.63) is 0 Å². The lowest BCUT2D eigenvalue weighted by Gasteiger charge is -2.33. The van der Waals surface area contributed by atoms with Gasteiger partial charge in [0.15, 0.2) is 0 Å². The molecule has 0 saturated carbocycles. The minimum atomic E-state index is -0.361. The van der Waals surface area contributed by atoms with Crippen molar-refractivity contribution in [2.45, 2.75) is 32.2 Å². The first-order valence-electron chi connectivity index (χ1n) is 5.75. The molecule has 0 aliphatic carbocycles. The van der Waals surface area contributed by atoms with Crippen LogP contribution in [0.25, 0.3) is 0 Å². The highest BCUT2D eigenvalue weighted by Crippen LogP contribution is 2.39. The zero-order chi connectivity index (χ0) is 10.9. The van der Waals surface area contributed by atoms with E-state index < -0.39 is 0 Å². The van der Waals surface area contributed by atoms with E-state index >= 15 is 0 Å². The van der Waals surface area contributed by atoms with Crippen LogP contribution in [0.5, 0.6) is 0 Å². The summed E-state index contributed by atoms with van der Waals surface area (Å²) in [5.41, 5.74) is 5.95. The van der Waals surface area contributed by atoms with Gasteiger partial charge in [0.1, 0.15) is 0 Å². The van der Waals surface area contributed by atoms with Gasteiger partial charge in [-0.25, -0.2) is 0 Å². The summed E-state index contributed by atoms with van der Waals surface area (Å²) in [6, 6.07) is -0.361. The van der Waals surface area contributed by atoms with Gasteiger partial charge in [0, 0.05) is 26.3 Å². The number of carbonyl (C=O) groups is 1. The van der Waals surface area contributed by atoms with Crippen molar-refractivity contribution in [1.29, 1.82) is 0 Å². The van der Waals surface area contributed by atoms with Crippen LogP contribution in [0.2, 0.25) is 0 Å². The molecule has 4 nitrogen and oxygen atoms in total. The maximum absolute atomic E-state index is 11.7. The van der Waals surface area contributed by atoms with Gasteiger partial charge in [-0.05, 0) is 31.6 Å². The number of rotatable bonds is 1. The Morgan fingerprint density at radius 2 is 2.00 bits per heavy atom. The molecule has 0 aromatic heterocycles. The number of likely N-dealkylation sites (tertiary alicyclic amines) is 1. The molecule has 16 heavy (non-hydrogen) atoms. The third kappa shape index (κ3) is 2.67. The van der Waals surface area contributed by atoms with Crippen LogP contribution in [0, 0.1) is 5.41 Å². The van der Waals surface area contributed by atoms with Crippen LogP contribution in [0.3, 0.4) is 0 Å². The Bertz CT molecular complexity index is 252. The number of ether oxygens (including phenoxy) is 1. The molecule has 2 aliphatic rings. The molecule has 1 amide bonds. The molecule has 2 heterocycles. The third-order valence-electron chi connectivity index (χ3n) is 3.69. The summed E-state index contributed by atoms with van der Waals surface area (Å²) in [6.45, 7) is 5.22. The molecule has 2 N–H and O–H groups in total. The van der Waals surface area contributed by atoms with Gasteiger partial charge in [-0.2, -0.15) is 0 Å². The van der Waals surface area contributed by atoms with Gasteiger partial charge in [-0.15, -0.1) is 12.4 Å². The molecule has 1 unspecified atom stereocenters. The molecule has 94 valence electrons. The fourth-order valence-electron chi connectivity index (χ4n) is 2.62. The Morgan fingerprint density at radius 1 is 1.38 bits per heavy atom. The summed E-state index contributed by atoms with van der Waals surface area (Å²) < 4.78 is 5.37. The summed E-state index contributed by atoms with van der Waals surface area (Å²) in [5.74, 6) is 0.0957. The second kappa shape index (κ2) is 5.34. The van der Waals surface area contributed by atoms with E-state index in [1.54, 1.807) is 6.92 Å². The van der Waals surface area contributed by atoms with Crippen molar-refractivity contribution in [3.63, 3.8) is 0 Å². The van der Waals surface area contributed by atoms with E-state index in [-0.39, 0.29) is 24.4 Å². The quantitative estimate of drug-likeness (QED) is 0.746. The standard InChI is InChI=1S/C11H20N2O2.ClH/c1-9(12)10(14)13-5-2-11(8-13)3-6-15-7-4-11;/h9H,2-8,12H2,1H3;1H. The van der Waals surface area contributed by atoms with Gasteiger partial charge in [-0.1, -0.05) is 0 Å². The molecule has 0 radical (unpaired) electrons. The molecule has 2 rings (SSSR count). The van der Waals surface area contributed by atoms with Gasteiger partial charge >= 0.3 is 0 Å². The Morgan fingerprint density at radius 3 is 2.56 bits per heavy atom. The number of amides is 1. The van der Waals surface area contributed by atoms with Gasteiger partial charge in [0.2, 0.25) is 5.91 Å². The van der Waals surface area contributed by atoms with E-state index in [1.807, 2.05) is 4.90 Å². The van der Waals surface area contributed by atoms with Crippen molar-refractivity contribution >= 4 is 18.3 Å². The molecule has 5 heteroatoms. The fraction of sp³-hybridized carbons (Fsp3) is 0.909. The van der Waals surface area contributed by atoms with Crippen molar-refractivity contribution in [3.8, 4) is 0 Å². The molecule has 1 spiro atoms. The molecule has 2 aliphatic heterocycles. The van der Waals surface area contributed by atoms with E-state index in [1.165, 1.54) is 0 Å². The SMILES string of the molecule is CC(N)C(=O)N1CCC2(CCOCC2)C1.Cl. The van der Waals surface area contributed by atoms with Gasteiger partial charge in [0.25, 0.3) is 0 Å². The molecule has 2 fully saturated rings. The Hall–Kier alpha value is -0.320. The summed E-state index contributed by atoms with van der Waals surface area (Å²) >= 11 is 0. The monoisotopic (exact) mass is 248 g/mol. The summed E-state index contributed by atoms with van der Waals surface area (Å²) in [5, 5.41) is 0. The number of nitrogens with zero attached hydrogens (tertiary/aromatic N) is 1. The lowest BCUT2D eigenvalue weighted by atomic mass is 9.80. The van der Waals surface area contributed by atoms with Crippen molar-refractivity contribution in [2.75, 3.05) is 26.3 Å². The minimum Gasteiger partial charge on any atom is -0.381 e. The van der Waals surface area contributed by atoms with Crippen LogP contribution in [-0.2, 0) is 9.53 Å². The second-order valence-corrected chi connectivity index (χ2v) is 4.91. The average molecular weight is 249 g/mol. The normalized spacial score (nSPS) is 25.2. The van der Waals surface area contributed by atoms with Crippen LogP contribution in [0.15, 0.2) is 0 Å². The van der Waals surface area contributed by atoms with E-state index in [0.29, 0.717) is 5.41 Å². The second-order valence-electron chi connectivity index (χ2n) is 4.91. The molecule has 0 aromatic rings. The maximum Gasteiger partial charge on any atom is 0.239 e. The molecular formula is C11H21ClN2O2. The van der Waals surface area contributed by atoms with E-state index in [2.05, 4.69) is 0 Å². The number of hydrogen-bond donors (Lipinski definition) is 1. The molecule has 0 aromatic carbocycles. The average Bonchev–Trinajstić information content (AvgIpc) is 2.62. The van der Waals surface area contributed by atoms with Gasteiger partial charge < -0.3 is 15.4 Å². The van der Waals surface area contributed by atoms with Gasteiger partial charge in [-0.3, -0.25) is 4.79 Å². The van der Waals surface area contributed by atoms with E-state index in [9.17, 15) is 4.79 Å². The van der Waals surface area contributed by atoms with Crippen LogP contribution in [-0.4, -0.2) is 43.2 Å². The number of hydrogen-bond acceptors (Lipinski definition) is 3. The predicted molar refractivity (Wildman–Crippen MR) is 64.6 cm³/mol. The van der Waals surface area contributed by atoms with Crippen molar-refractivity contribution in [1.82, 2.24) is 4.90 Å². The Kier molecular flexibility index (Phi) is 4.59. The largest absolute Gasteiger partial charge is 0.381 e. The Balaban J connectivity index is 0.00000128. The summed E-state index contributed by atoms with van der Waals surface area (Å²) in [7, 11) is 0. The van der Waals surface area contributed by atoms with Crippen LogP contribution >= 0.6 is 12.4 Å². The van der Waals surface area contributed by atoms with Crippen LogP contribution in [0.4, 0.5) is 0 Å². The third-order valence-corrected chi connectivity index (χ3v) is 3.69. The topological polar surface area (TPSA) is 55.6 Å². The number of carbonyl (C=O) groups excluding carboxylic acids is 1. The molecule has 1 atom stereocenters. The van der Waals surface area contributed by atoms with E-state index in [4.69, 9.17) is 10.5 Å². The lowest BCUT2D eigenvalue weighted by molar-refractivity contribution is -0.131. The summed E-state index contributed by atoms with van der Waals surface area (Å²) in [6.07, 6.45) is 3.31. The molecule has 0 bridgehead atoms. The highest BCUT2D eigenvalue weighted by molar-refractivity contribution is 5.85. The highest BCUT2D eigenvalue weighted by atomic mass is 35.5. The zero-order valence-electron chi connectivity index (χ0n) is 9.78. The van der Waals surface area contributed by atoms with Gasteiger partial charge in [0.05, 0.1) is 6.04 Å². The fourth-order valence-corrected chi connectivity index (χ4v) is 2.62. The number of nitrogens with two attached hydrogens (primary N) is 1. The highest BCUT2D eigenvalue weighted by Gasteiger charge is 2.41.